The number of hydrogen-bond acceptors (Lipinski definition) is 11. The van der Waals surface area contributed by atoms with Gasteiger partial charge in [-0.15, -0.1) is 0 Å². The van der Waals surface area contributed by atoms with E-state index in [1.165, 1.54) is 36.1 Å². The van der Waals surface area contributed by atoms with Gasteiger partial charge in [-0.05, 0) is 56.9 Å². The number of hydrogen-bond donors (Lipinski definition) is 4. The van der Waals surface area contributed by atoms with Crippen molar-refractivity contribution in [3.05, 3.63) is 63.8 Å². The van der Waals surface area contributed by atoms with E-state index >= 15 is 0 Å². The average Bonchev–Trinajstić information content (AvgIpc) is 3.32. The van der Waals surface area contributed by atoms with E-state index in [4.69, 9.17) is 14.2 Å². The molecule has 2 saturated heterocycles. The van der Waals surface area contributed by atoms with Gasteiger partial charge in [-0.1, -0.05) is 12.1 Å². The molecule has 4 aliphatic rings. The fourth-order valence-corrected chi connectivity index (χ4v) is 6.54. The number of aliphatic hydroxyl groups is 2. The lowest BCUT2D eigenvalue weighted by Gasteiger charge is -2.39. The van der Waals surface area contributed by atoms with Gasteiger partial charge in [-0.3, -0.25) is 14.4 Å². The summed E-state index contributed by atoms with van der Waals surface area (Å²) >= 11 is 0. The molecule has 3 aliphatic heterocycles. The van der Waals surface area contributed by atoms with Crippen LogP contribution in [0.2, 0.25) is 0 Å². The number of benzene rings is 2. The van der Waals surface area contributed by atoms with Crippen LogP contribution in [0.3, 0.4) is 0 Å². The molecule has 47 heavy (non-hydrogen) atoms. The number of aryl methyl sites for hydroxylation is 1. The van der Waals surface area contributed by atoms with Crippen molar-refractivity contribution < 1.29 is 61.9 Å². The number of aliphatic hydroxyl groups excluding tert-OH is 2. The zero-order chi connectivity index (χ0) is 33.9. The number of fused-ring (bicyclic) bond motifs is 6. The summed E-state index contributed by atoms with van der Waals surface area (Å²) in [6.45, 7) is 2.92. The highest BCUT2D eigenvalue weighted by Crippen LogP contribution is 2.52. The summed E-state index contributed by atoms with van der Waals surface area (Å²) in [7, 11) is 0. The predicted molar refractivity (Wildman–Crippen MR) is 154 cm³/mol. The molecule has 4 N–H and O–H groups in total. The number of carbonyl (C=O) groups is 4. The van der Waals surface area contributed by atoms with E-state index in [1.807, 2.05) is 0 Å². The van der Waals surface area contributed by atoms with Crippen LogP contribution in [-0.2, 0) is 19.1 Å². The summed E-state index contributed by atoms with van der Waals surface area (Å²) in [4.78, 5) is 54.6. The van der Waals surface area contributed by atoms with Gasteiger partial charge in [0.1, 0.15) is 29.3 Å². The Morgan fingerprint density at radius 1 is 1.11 bits per heavy atom. The SMILES string of the molecule is Cc1cc(O)c2c(c1)C1OC(=O)[C@@H](CCCCNC(=O)C(F)(F)F)N1C1=C2C(=O)c2cccc(O[C@H]3C[C@H](O)[C@@H](O)C(C)O3)c2C1=O. The van der Waals surface area contributed by atoms with E-state index in [-0.39, 0.29) is 77.3 Å². The number of esters is 1. The van der Waals surface area contributed by atoms with Gasteiger partial charge in [0.2, 0.25) is 18.3 Å². The summed E-state index contributed by atoms with van der Waals surface area (Å²) in [5, 5.41) is 33.2. The summed E-state index contributed by atoms with van der Waals surface area (Å²) in [6, 6.07) is 6.26. The van der Waals surface area contributed by atoms with Crippen molar-refractivity contribution in [2.75, 3.05) is 6.54 Å². The normalized spacial score (nSPS) is 26.7. The molecule has 0 radical (unpaired) electrons. The third-order valence-electron chi connectivity index (χ3n) is 8.71. The first-order valence-corrected chi connectivity index (χ1v) is 15.0. The number of amides is 1. The molecule has 3 heterocycles. The van der Waals surface area contributed by atoms with Crippen LogP contribution in [-0.4, -0.2) is 87.0 Å². The van der Waals surface area contributed by atoms with Crippen LogP contribution in [0.15, 0.2) is 36.0 Å². The second-order valence-electron chi connectivity index (χ2n) is 12.0. The second-order valence-corrected chi connectivity index (χ2v) is 12.0. The first-order valence-electron chi connectivity index (χ1n) is 15.0. The molecule has 0 bridgehead atoms. The van der Waals surface area contributed by atoms with Crippen molar-refractivity contribution in [3.8, 4) is 11.5 Å². The predicted octanol–water partition coefficient (Wildman–Crippen LogP) is 2.81. The maximum Gasteiger partial charge on any atom is 0.471 e. The fraction of sp³-hybridized carbons (Fsp3) is 0.438. The molecule has 1 aliphatic carbocycles. The molecule has 6 rings (SSSR count). The number of carbonyl (C=O) groups excluding carboxylic acids is 4. The van der Waals surface area contributed by atoms with Gasteiger partial charge < -0.3 is 39.7 Å². The highest BCUT2D eigenvalue weighted by atomic mass is 19.4. The molecule has 15 heteroatoms. The highest BCUT2D eigenvalue weighted by Gasteiger charge is 2.54. The monoisotopic (exact) mass is 660 g/mol. The summed E-state index contributed by atoms with van der Waals surface area (Å²) < 4.78 is 55.0. The van der Waals surface area contributed by atoms with Crippen molar-refractivity contribution >= 4 is 29.0 Å². The Bertz CT molecular complexity index is 1690. The van der Waals surface area contributed by atoms with Crippen LogP contribution >= 0.6 is 0 Å². The zero-order valence-electron chi connectivity index (χ0n) is 25.2. The number of allylic oxidation sites excluding steroid dienone is 2. The van der Waals surface area contributed by atoms with E-state index in [9.17, 15) is 47.7 Å². The van der Waals surface area contributed by atoms with E-state index in [0.717, 1.165) is 0 Å². The van der Waals surface area contributed by atoms with Crippen LogP contribution in [0.25, 0.3) is 5.57 Å². The number of unbranched alkanes of at least 4 members (excludes halogenated alkanes) is 1. The van der Waals surface area contributed by atoms with Crippen LogP contribution in [0.5, 0.6) is 11.5 Å². The summed E-state index contributed by atoms with van der Waals surface area (Å²) in [5.74, 6) is -4.54. The molecular formula is C32H31F3N2O10. The molecule has 250 valence electrons. The minimum atomic E-state index is -5.04. The van der Waals surface area contributed by atoms with E-state index in [1.54, 1.807) is 18.3 Å². The quantitative estimate of drug-likeness (QED) is 0.254. The molecule has 6 atom stereocenters. The van der Waals surface area contributed by atoms with Crippen molar-refractivity contribution in [2.45, 2.75) is 82.6 Å². The van der Waals surface area contributed by atoms with Crippen LogP contribution in [0, 0.1) is 6.92 Å². The fourth-order valence-electron chi connectivity index (χ4n) is 6.54. The molecule has 2 aromatic carbocycles. The first kappa shape index (κ1) is 32.5. The minimum Gasteiger partial charge on any atom is -0.507 e. The number of nitrogens with one attached hydrogen (secondary N) is 1. The Balaban J connectivity index is 1.36. The number of alkyl halides is 3. The zero-order valence-corrected chi connectivity index (χ0v) is 25.2. The van der Waals surface area contributed by atoms with Gasteiger partial charge in [0.05, 0.1) is 23.3 Å². The number of ketones is 2. The minimum absolute atomic E-state index is 0.00161. The lowest BCUT2D eigenvalue weighted by atomic mass is 9.78. The summed E-state index contributed by atoms with van der Waals surface area (Å²) in [6.07, 6.45) is -10.4. The molecular weight excluding hydrogens is 629 g/mol. The van der Waals surface area contributed by atoms with E-state index < -0.39 is 66.5 Å². The van der Waals surface area contributed by atoms with Gasteiger partial charge in [0.15, 0.2) is 5.78 Å². The lowest BCUT2D eigenvalue weighted by Crippen LogP contribution is -2.48. The number of ether oxygens (including phenoxy) is 3. The molecule has 0 saturated carbocycles. The van der Waals surface area contributed by atoms with Gasteiger partial charge in [0, 0.05) is 29.7 Å². The number of halogens is 3. The Kier molecular flexibility index (Phi) is 8.26. The second kappa shape index (κ2) is 12.0. The molecule has 2 unspecified atom stereocenters. The smallest absolute Gasteiger partial charge is 0.471 e. The van der Waals surface area contributed by atoms with Gasteiger partial charge in [0.25, 0.3) is 0 Å². The number of rotatable bonds is 7. The maximum atomic E-state index is 14.5. The Morgan fingerprint density at radius 2 is 1.85 bits per heavy atom. The average molecular weight is 661 g/mol. The van der Waals surface area contributed by atoms with Crippen molar-refractivity contribution in [1.82, 2.24) is 10.2 Å². The molecule has 2 fully saturated rings. The van der Waals surface area contributed by atoms with E-state index in [2.05, 4.69) is 0 Å². The largest absolute Gasteiger partial charge is 0.507 e. The topological polar surface area (TPSA) is 172 Å². The molecule has 0 spiro atoms. The van der Waals surface area contributed by atoms with Gasteiger partial charge in [-0.25, -0.2) is 4.79 Å². The van der Waals surface area contributed by atoms with Crippen LogP contribution in [0.1, 0.15) is 76.2 Å². The van der Waals surface area contributed by atoms with Gasteiger partial charge in [-0.2, -0.15) is 13.2 Å². The number of Topliss-reactive ketones (excluding diaryl/α,β-unsaturated/α-hetero) is 2. The van der Waals surface area contributed by atoms with Crippen molar-refractivity contribution in [2.24, 2.45) is 0 Å². The molecule has 12 nitrogen and oxygen atoms in total. The Hall–Kier alpha value is -4.47. The maximum absolute atomic E-state index is 14.5. The lowest BCUT2D eigenvalue weighted by molar-refractivity contribution is -0.216. The third-order valence-corrected chi connectivity index (χ3v) is 8.71. The molecule has 2 aromatic rings. The first-order chi connectivity index (χ1) is 22.2. The van der Waals surface area contributed by atoms with Gasteiger partial charge >= 0.3 is 18.1 Å². The van der Waals surface area contributed by atoms with Crippen LogP contribution in [0.4, 0.5) is 13.2 Å². The summed E-state index contributed by atoms with van der Waals surface area (Å²) in [5.41, 5.74) is 0.356. The number of phenolic OH excluding ortho intramolecular Hbond substituents is 1. The van der Waals surface area contributed by atoms with Crippen molar-refractivity contribution in [3.63, 3.8) is 0 Å². The molecule has 1 amide bonds. The Morgan fingerprint density at radius 3 is 2.55 bits per heavy atom. The highest BCUT2D eigenvalue weighted by molar-refractivity contribution is 6.41. The third kappa shape index (κ3) is 5.61. The number of aromatic hydroxyl groups is 1. The van der Waals surface area contributed by atoms with E-state index in [0.29, 0.717) is 5.56 Å². The Labute approximate surface area is 265 Å². The van der Waals surface area contributed by atoms with Crippen molar-refractivity contribution in [1.29, 1.82) is 0 Å². The number of nitrogens with zero attached hydrogens (tertiary/aromatic N) is 1. The number of phenols is 1. The van der Waals surface area contributed by atoms with Crippen LogP contribution < -0.4 is 10.1 Å². The molecule has 0 aromatic heterocycles. The standard InChI is InChI=1S/C32H31F3N2O10/c1-13-10-16-22(18(38)11-13)24-25(37-17(30(43)47-29(16)37)7-3-4-9-36-31(44)32(33,34)35)28(42)23-15(27(24)41)6-5-8-20(23)46-21-12-19(39)26(40)14(2)45-21/h5-6,8,10-11,14,17,19,21,26,29,38-40H,3-4,7,9,12H2,1-2H3,(H,36,44)/t14?,17-,19+,21+,26+,29?/m1/s1.